The SMILES string of the molecule is COc1cccc(OCCNC(=O)c2ccc(C)c(S(=O)(=O)N3CCCCC3)c2)c1. The number of ether oxygens (including phenoxy) is 2. The van der Waals surface area contributed by atoms with Crippen molar-refractivity contribution < 1.29 is 22.7 Å². The van der Waals surface area contributed by atoms with Crippen LogP contribution in [0.4, 0.5) is 0 Å². The summed E-state index contributed by atoms with van der Waals surface area (Å²) >= 11 is 0. The number of nitrogens with zero attached hydrogens (tertiary/aromatic N) is 1. The molecule has 7 nitrogen and oxygen atoms in total. The highest BCUT2D eigenvalue weighted by molar-refractivity contribution is 7.89. The number of aryl methyl sites for hydroxylation is 1. The number of hydrogen-bond acceptors (Lipinski definition) is 5. The molecule has 1 aliphatic heterocycles. The van der Waals surface area contributed by atoms with Crippen LogP contribution < -0.4 is 14.8 Å². The lowest BCUT2D eigenvalue weighted by Crippen LogP contribution is -2.36. The molecule has 8 heteroatoms. The van der Waals surface area contributed by atoms with E-state index in [4.69, 9.17) is 9.47 Å². The molecule has 162 valence electrons. The van der Waals surface area contributed by atoms with Crippen molar-refractivity contribution in [1.82, 2.24) is 9.62 Å². The van der Waals surface area contributed by atoms with Crippen LogP contribution in [0.25, 0.3) is 0 Å². The van der Waals surface area contributed by atoms with Gasteiger partial charge in [0.25, 0.3) is 5.91 Å². The molecule has 1 fully saturated rings. The zero-order valence-electron chi connectivity index (χ0n) is 17.4. The van der Waals surface area contributed by atoms with Crippen LogP contribution >= 0.6 is 0 Å². The maximum Gasteiger partial charge on any atom is 0.251 e. The number of piperidine rings is 1. The zero-order valence-corrected chi connectivity index (χ0v) is 18.2. The van der Waals surface area contributed by atoms with E-state index in [2.05, 4.69) is 5.32 Å². The normalized spacial score (nSPS) is 14.9. The molecule has 3 rings (SSSR count). The molecule has 0 aromatic heterocycles. The third kappa shape index (κ3) is 5.31. The third-order valence-corrected chi connectivity index (χ3v) is 7.12. The van der Waals surface area contributed by atoms with E-state index in [1.54, 1.807) is 32.2 Å². The van der Waals surface area contributed by atoms with Gasteiger partial charge in [-0.05, 0) is 49.6 Å². The smallest absolute Gasteiger partial charge is 0.251 e. The third-order valence-electron chi connectivity index (χ3n) is 5.08. The van der Waals surface area contributed by atoms with Crippen molar-refractivity contribution in [3.63, 3.8) is 0 Å². The quantitative estimate of drug-likeness (QED) is 0.648. The fraction of sp³-hybridized carbons (Fsp3) is 0.409. The maximum atomic E-state index is 13.0. The van der Waals surface area contributed by atoms with Gasteiger partial charge in [-0.3, -0.25) is 4.79 Å². The van der Waals surface area contributed by atoms with Gasteiger partial charge >= 0.3 is 0 Å². The summed E-state index contributed by atoms with van der Waals surface area (Å²) in [6.45, 7) is 3.38. The Morgan fingerprint density at radius 1 is 1.07 bits per heavy atom. The van der Waals surface area contributed by atoms with Gasteiger partial charge in [-0.15, -0.1) is 0 Å². The van der Waals surface area contributed by atoms with Gasteiger partial charge in [0.1, 0.15) is 18.1 Å². The Kier molecular flexibility index (Phi) is 7.33. The van der Waals surface area contributed by atoms with E-state index in [0.29, 0.717) is 35.7 Å². The number of benzene rings is 2. The average molecular weight is 433 g/mol. The molecule has 0 unspecified atom stereocenters. The Balaban J connectivity index is 1.61. The summed E-state index contributed by atoms with van der Waals surface area (Å²) in [5.74, 6) is 1.01. The number of rotatable bonds is 8. The first-order valence-corrected chi connectivity index (χ1v) is 11.5. The van der Waals surface area contributed by atoms with Crippen LogP contribution in [0, 0.1) is 6.92 Å². The largest absolute Gasteiger partial charge is 0.497 e. The number of sulfonamides is 1. The van der Waals surface area contributed by atoms with Gasteiger partial charge in [0.15, 0.2) is 0 Å². The highest BCUT2D eigenvalue weighted by Crippen LogP contribution is 2.24. The summed E-state index contributed by atoms with van der Waals surface area (Å²) in [5, 5.41) is 2.77. The van der Waals surface area contributed by atoms with E-state index < -0.39 is 10.0 Å². The Labute approximate surface area is 178 Å². The summed E-state index contributed by atoms with van der Waals surface area (Å²) in [6.07, 6.45) is 2.78. The van der Waals surface area contributed by atoms with Crippen molar-refractivity contribution >= 4 is 15.9 Å². The fourth-order valence-corrected chi connectivity index (χ4v) is 5.16. The first kappa shape index (κ1) is 22.1. The summed E-state index contributed by atoms with van der Waals surface area (Å²) in [4.78, 5) is 12.7. The maximum absolute atomic E-state index is 13.0. The first-order chi connectivity index (χ1) is 14.4. The van der Waals surface area contributed by atoms with Crippen molar-refractivity contribution in [1.29, 1.82) is 0 Å². The van der Waals surface area contributed by atoms with Gasteiger partial charge in [0, 0.05) is 24.7 Å². The number of hydrogen-bond donors (Lipinski definition) is 1. The number of carbonyl (C=O) groups is 1. The molecular weight excluding hydrogens is 404 g/mol. The molecular formula is C22H28N2O5S. The van der Waals surface area contributed by atoms with E-state index in [0.717, 1.165) is 19.3 Å². The molecule has 2 aromatic rings. The van der Waals surface area contributed by atoms with Crippen LogP contribution in [0.5, 0.6) is 11.5 Å². The molecule has 1 amide bonds. The molecule has 0 atom stereocenters. The topological polar surface area (TPSA) is 84.9 Å². The minimum atomic E-state index is -3.60. The molecule has 0 bridgehead atoms. The van der Waals surface area contributed by atoms with Crippen molar-refractivity contribution in [2.24, 2.45) is 0 Å². The lowest BCUT2D eigenvalue weighted by molar-refractivity contribution is 0.0946. The van der Waals surface area contributed by atoms with Crippen LogP contribution in [0.3, 0.4) is 0 Å². The molecule has 0 aliphatic carbocycles. The van der Waals surface area contributed by atoms with Crippen molar-refractivity contribution in [3.8, 4) is 11.5 Å². The minimum absolute atomic E-state index is 0.199. The van der Waals surface area contributed by atoms with E-state index in [-0.39, 0.29) is 24.0 Å². The summed E-state index contributed by atoms with van der Waals surface area (Å²) in [5.41, 5.74) is 0.955. The number of carbonyl (C=O) groups excluding carboxylic acids is 1. The number of nitrogens with one attached hydrogen (secondary N) is 1. The lowest BCUT2D eigenvalue weighted by atomic mass is 10.1. The van der Waals surface area contributed by atoms with Gasteiger partial charge in [0.2, 0.25) is 10.0 Å². The van der Waals surface area contributed by atoms with Crippen LogP contribution in [0.15, 0.2) is 47.4 Å². The predicted octanol–water partition coefficient (Wildman–Crippen LogP) is 2.99. The molecule has 1 heterocycles. The zero-order chi connectivity index (χ0) is 21.6. The molecule has 2 aromatic carbocycles. The van der Waals surface area contributed by atoms with Crippen LogP contribution in [0.2, 0.25) is 0 Å². The highest BCUT2D eigenvalue weighted by atomic mass is 32.2. The van der Waals surface area contributed by atoms with Crippen molar-refractivity contribution in [3.05, 3.63) is 53.6 Å². The van der Waals surface area contributed by atoms with E-state index in [1.807, 2.05) is 18.2 Å². The monoisotopic (exact) mass is 432 g/mol. The molecule has 1 saturated heterocycles. The number of amides is 1. The molecule has 0 radical (unpaired) electrons. The van der Waals surface area contributed by atoms with Crippen LogP contribution in [-0.2, 0) is 10.0 Å². The first-order valence-electron chi connectivity index (χ1n) is 10.1. The molecule has 0 spiro atoms. The Hall–Kier alpha value is -2.58. The lowest BCUT2D eigenvalue weighted by Gasteiger charge is -2.26. The Bertz CT molecular complexity index is 985. The summed E-state index contributed by atoms with van der Waals surface area (Å²) < 4.78 is 38.3. The summed E-state index contributed by atoms with van der Waals surface area (Å²) in [6, 6.07) is 12.0. The van der Waals surface area contributed by atoms with E-state index in [9.17, 15) is 13.2 Å². The second-order valence-corrected chi connectivity index (χ2v) is 9.13. The minimum Gasteiger partial charge on any atom is -0.497 e. The number of methoxy groups -OCH3 is 1. The predicted molar refractivity (Wildman–Crippen MR) is 115 cm³/mol. The molecule has 0 saturated carbocycles. The Morgan fingerprint density at radius 2 is 1.80 bits per heavy atom. The molecule has 1 N–H and O–H groups in total. The van der Waals surface area contributed by atoms with E-state index >= 15 is 0 Å². The van der Waals surface area contributed by atoms with Crippen molar-refractivity contribution in [2.75, 3.05) is 33.4 Å². The van der Waals surface area contributed by atoms with Gasteiger partial charge < -0.3 is 14.8 Å². The van der Waals surface area contributed by atoms with Crippen LogP contribution in [-0.4, -0.2) is 52.0 Å². The second-order valence-electron chi connectivity index (χ2n) is 7.23. The van der Waals surface area contributed by atoms with E-state index in [1.165, 1.54) is 10.4 Å². The molecule has 30 heavy (non-hydrogen) atoms. The second kappa shape index (κ2) is 9.95. The summed E-state index contributed by atoms with van der Waals surface area (Å²) in [7, 11) is -2.02. The average Bonchev–Trinajstić information content (AvgIpc) is 2.77. The van der Waals surface area contributed by atoms with Gasteiger partial charge in [0.05, 0.1) is 18.6 Å². The Morgan fingerprint density at radius 3 is 2.53 bits per heavy atom. The van der Waals surface area contributed by atoms with Gasteiger partial charge in [-0.2, -0.15) is 4.31 Å². The standard InChI is InChI=1S/C22H28N2O5S/c1-17-9-10-18(15-21(17)30(26,27)24-12-4-3-5-13-24)22(25)23-11-14-29-20-8-6-7-19(16-20)28-2/h6-10,15-16H,3-5,11-14H2,1-2H3,(H,23,25). The van der Waals surface area contributed by atoms with Gasteiger partial charge in [-0.25, -0.2) is 8.42 Å². The van der Waals surface area contributed by atoms with Crippen molar-refractivity contribution in [2.45, 2.75) is 31.1 Å². The fourth-order valence-electron chi connectivity index (χ4n) is 3.39. The highest BCUT2D eigenvalue weighted by Gasteiger charge is 2.28. The molecule has 1 aliphatic rings. The van der Waals surface area contributed by atoms with Crippen LogP contribution in [0.1, 0.15) is 35.2 Å². The van der Waals surface area contributed by atoms with Gasteiger partial charge in [-0.1, -0.05) is 18.6 Å².